The van der Waals surface area contributed by atoms with Gasteiger partial charge in [0.1, 0.15) is 79.8 Å². The van der Waals surface area contributed by atoms with Crippen molar-refractivity contribution in [3.05, 3.63) is 347 Å². The number of hydrogen-bond donors (Lipinski definition) is 3. The summed E-state index contributed by atoms with van der Waals surface area (Å²) in [6, 6.07) is 91.8. The van der Waals surface area contributed by atoms with E-state index in [1.807, 2.05) is 291 Å². The van der Waals surface area contributed by atoms with Crippen molar-refractivity contribution in [3.63, 3.8) is 0 Å². The number of carbonyl (C=O) groups is 3. The highest BCUT2D eigenvalue weighted by atomic mass is 16.8. The lowest BCUT2D eigenvalue weighted by Gasteiger charge is -2.51. The number of amides is 1. The minimum absolute atomic E-state index is 0.00225. The van der Waals surface area contributed by atoms with E-state index in [-0.39, 0.29) is 111 Å². The first-order chi connectivity index (χ1) is 58.5. The highest BCUT2D eigenvalue weighted by Crippen LogP contribution is 2.45. The number of esters is 1. The average Bonchev–Trinajstić information content (AvgIpc) is 1.64. The maximum absolute atomic E-state index is 13.9. The van der Waals surface area contributed by atoms with Crippen LogP contribution in [0.2, 0.25) is 0 Å². The van der Waals surface area contributed by atoms with E-state index in [1.54, 1.807) is 0 Å². The Hall–Kier alpha value is -10.2. The van der Waals surface area contributed by atoms with E-state index in [9.17, 15) is 24.6 Å². The quantitative estimate of drug-likeness (QED) is 0.0237. The van der Waals surface area contributed by atoms with Crippen molar-refractivity contribution >= 4 is 18.0 Å². The molecule has 10 aromatic carbocycles. The van der Waals surface area contributed by atoms with Crippen molar-refractivity contribution < 1.29 is 100 Å². The van der Waals surface area contributed by atoms with E-state index in [4.69, 9.17) is 75.8 Å². The van der Waals surface area contributed by atoms with E-state index in [0.29, 0.717) is 0 Å². The molecule has 1 aliphatic carbocycles. The summed E-state index contributed by atoms with van der Waals surface area (Å²) in [5.41, 5.74) is 10.9. The molecule has 3 aliphatic heterocycles. The van der Waals surface area contributed by atoms with Crippen LogP contribution < -0.4 is 5.32 Å². The minimum atomic E-state index is -1.46. The Morgan fingerprint density at radius 2 is 0.681 bits per heavy atom. The zero-order valence-electron chi connectivity index (χ0n) is 66.5. The lowest BCUT2D eigenvalue weighted by molar-refractivity contribution is -0.392. The average molecular weight is 1620 g/mol. The lowest BCUT2D eigenvalue weighted by atomic mass is 9.95. The number of alkyl carbamates (subject to hydrolysis) is 1. The number of fused-ring (bicyclic) bond motifs is 3. The first kappa shape index (κ1) is 85.2. The van der Waals surface area contributed by atoms with Gasteiger partial charge in [-0.25, -0.2) is 9.59 Å². The van der Waals surface area contributed by atoms with Gasteiger partial charge in [0.05, 0.1) is 72.7 Å². The number of hydrogen-bond acceptors (Lipinski definition) is 20. The van der Waals surface area contributed by atoms with Gasteiger partial charge in [-0.2, -0.15) is 0 Å². The zero-order chi connectivity index (χ0) is 81.8. The van der Waals surface area contributed by atoms with Gasteiger partial charge in [0.2, 0.25) is 0 Å². The van der Waals surface area contributed by atoms with Gasteiger partial charge in [-0.1, -0.05) is 291 Å². The second kappa shape index (κ2) is 44.2. The van der Waals surface area contributed by atoms with Gasteiger partial charge >= 0.3 is 18.0 Å². The molecule has 3 fully saturated rings. The molecule has 1 amide bonds. The zero-order valence-corrected chi connectivity index (χ0v) is 66.5. The monoisotopic (exact) mass is 1620 g/mol. The maximum atomic E-state index is 13.9. The number of aliphatic hydroxyl groups is 1. The first-order valence-electron chi connectivity index (χ1n) is 40.7. The lowest BCUT2D eigenvalue weighted by Crippen LogP contribution is -2.68. The largest absolute Gasteiger partial charge is 0.480 e. The Morgan fingerprint density at radius 3 is 1.08 bits per heavy atom. The van der Waals surface area contributed by atoms with Crippen LogP contribution in [0.15, 0.2) is 291 Å². The molecule has 0 radical (unpaired) electrons. The summed E-state index contributed by atoms with van der Waals surface area (Å²) in [5.74, 6) is -2.16. The molecule has 0 spiro atoms. The van der Waals surface area contributed by atoms with Gasteiger partial charge in [-0.3, -0.25) is 4.79 Å². The summed E-state index contributed by atoms with van der Waals surface area (Å²) in [4.78, 5) is 40.3. The van der Waals surface area contributed by atoms with Crippen LogP contribution in [0.25, 0.3) is 11.1 Å². The molecular formula is C97H103NO21. The van der Waals surface area contributed by atoms with Crippen molar-refractivity contribution in [3.8, 4) is 11.1 Å². The molecule has 14 rings (SSSR count). The van der Waals surface area contributed by atoms with Crippen LogP contribution in [0.3, 0.4) is 0 Å². The van der Waals surface area contributed by atoms with E-state index in [0.717, 1.165) is 66.8 Å². The summed E-state index contributed by atoms with van der Waals surface area (Å²) in [5, 5.41) is 26.3. The number of nitrogens with one attached hydrogen (secondary N) is 1. The summed E-state index contributed by atoms with van der Waals surface area (Å²) < 4.78 is 111. The van der Waals surface area contributed by atoms with Crippen molar-refractivity contribution in [1.82, 2.24) is 5.32 Å². The fraction of sp³-hybridized carbons (Fsp3) is 0.351. The van der Waals surface area contributed by atoms with Crippen molar-refractivity contribution in [1.29, 1.82) is 0 Å². The van der Waals surface area contributed by atoms with Crippen molar-refractivity contribution in [2.24, 2.45) is 0 Å². The third kappa shape index (κ3) is 24.1. The Kier molecular flexibility index (Phi) is 31.7. The minimum Gasteiger partial charge on any atom is -0.480 e. The third-order valence-electron chi connectivity index (χ3n) is 21.4. The third-order valence-corrected chi connectivity index (χ3v) is 21.4. The number of carboxylic acid groups (broad SMARTS) is 1. The predicted molar refractivity (Wildman–Crippen MR) is 440 cm³/mol. The standard InChI is InChI=1S/C97H103NO21/c1-66(99)114-92-90(111-60-73-44-22-8-23-45-73)87(82(64-105-55-68-34-12-3-13-35-68)115-94(92)107-53-31-30-52-80(93(101)102)98-97(103)113-62-79-77-50-28-26-48-75(77)76-49-27-29-51-78(76)79)119-96-91(112-61-74-46-24-9-25-47-74)89(110-59-72-42-20-7-21-43-72)86(83(117-96)65-106-56-69-36-14-4-15-37-69)118-95-88(109-58-71-40-18-6-19-41-71)84(100)85(108-57-70-38-16-5-17-39-70)81(116-95)63-104-54-67-32-10-2-11-33-67/h2-29,32-51,79-92,94-96,100H,30-31,52-65H2,1H3,(H,98,103)(H,101,102)/t80-,81+,82+,83+,84-,85-,86-,87+,88+,89-,90-,91+,92+,94+,95+,96-/m0/s1. The van der Waals surface area contributed by atoms with Crippen LogP contribution in [-0.2, 0) is 138 Å². The predicted octanol–water partition coefficient (Wildman–Crippen LogP) is 15.0. The highest BCUT2D eigenvalue weighted by molar-refractivity contribution is 5.81. The van der Waals surface area contributed by atoms with Crippen LogP contribution in [0.1, 0.15) is 87.7 Å². The fourth-order valence-electron chi connectivity index (χ4n) is 15.4. The Labute approximate surface area is 694 Å². The molecule has 0 bridgehead atoms. The van der Waals surface area contributed by atoms with Crippen molar-refractivity contribution in [2.45, 2.75) is 183 Å². The number of unbranched alkanes of at least 4 members (excludes halogenated alkanes) is 1. The molecule has 622 valence electrons. The molecule has 4 aliphatic rings. The van der Waals surface area contributed by atoms with Crippen LogP contribution in [0, 0.1) is 0 Å². The first-order valence-corrected chi connectivity index (χ1v) is 40.7. The van der Waals surface area contributed by atoms with Crippen LogP contribution in [-0.4, -0.2) is 159 Å². The summed E-state index contributed by atoms with van der Waals surface area (Å²) >= 11 is 0. The van der Waals surface area contributed by atoms with Gasteiger partial charge in [0, 0.05) is 19.4 Å². The van der Waals surface area contributed by atoms with Gasteiger partial charge in [-0.15, -0.1) is 0 Å². The van der Waals surface area contributed by atoms with E-state index < -0.39 is 116 Å². The molecule has 22 nitrogen and oxygen atoms in total. The fourth-order valence-corrected chi connectivity index (χ4v) is 15.4. The van der Waals surface area contributed by atoms with E-state index >= 15 is 0 Å². The second-order valence-corrected chi connectivity index (χ2v) is 29.9. The van der Waals surface area contributed by atoms with Crippen LogP contribution in [0.5, 0.6) is 0 Å². The highest BCUT2D eigenvalue weighted by Gasteiger charge is 2.57. The topological polar surface area (TPSA) is 251 Å². The number of aliphatic carboxylic acids is 1. The summed E-state index contributed by atoms with van der Waals surface area (Å²) in [7, 11) is 0. The Morgan fingerprint density at radius 1 is 0.353 bits per heavy atom. The molecule has 10 aromatic rings. The molecule has 3 saturated heterocycles. The number of carboxylic acids is 1. The van der Waals surface area contributed by atoms with Gasteiger partial charge in [-0.05, 0) is 86.0 Å². The molecule has 0 saturated carbocycles. The molecule has 16 atom stereocenters. The van der Waals surface area contributed by atoms with Crippen molar-refractivity contribution in [2.75, 3.05) is 33.0 Å². The Balaban J connectivity index is 0.798. The SMILES string of the molecule is CC(=O)O[C@H]1[C@H](OCCCC[C@H](NC(=O)OCC2c3ccccc3-c3ccccc32)C(=O)O)O[C@H](COCc2ccccc2)[C@@H](O[C@@H]2O[C@H](COCc3ccccc3)[C@H](O[C@H]3O[C@H](COCc4ccccc4)[C@H](OCc4ccccc4)[C@H](O)[C@H]3OCc3ccccc3)[C@H](OCc3ccccc3)[C@H]2OCc2ccccc2)[C@@H]1OCc1ccccc1. The molecule has 119 heavy (non-hydrogen) atoms. The van der Waals surface area contributed by atoms with Gasteiger partial charge in [0.15, 0.2) is 25.0 Å². The molecule has 0 aromatic heterocycles. The molecule has 0 unspecified atom stereocenters. The number of ether oxygens (including phenoxy) is 16. The second-order valence-electron chi connectivity index (χ2n) is 29.9. The van der Waals surface area contributed by atoms with Crippen LogP contribution in [0.4, 0.5) is 4.79 Å². The summed E-state index contributed by atoms with van der Waals surface area (Å²) in [6.45, 7) is 1.55. The molecule has 3 N–H and O–H groups in total. The van der Waals surface area contributed by atoms with Gasteiger partial charge in [0.25, 0.3) is 0 Å². The number of aliphatic hydroxyl groups excluding tert-OH is 1. The number of rotatable bonds is 42. The Bertz CT molecular complexity index is 4620. The molecular weight excluding hydrogens is 1520 g/mol. The smallest absolute Gasteiger partial charge is 0.407 e. The van der Waals surface area contributed by atoms with Crippen LogP contribution >= 0.6 is 0 Å². The maximum Gasteiger partial charge on any atom is 0.407 e. The molecule has 22 heteroatoms. The summed E-state index contributed by atoms with van der Waals surface area (Å²) in [6.07, 6.45) is -19.0. The van der Waals surface area contributed by atoms with E-state index in [1.165, 1.54) is 6.92 Å². The molecule has 3 heterocycles. The number of benzene rings is 10. The van der Waals surface area contributed by atoms with E-state index in [2.05, 4.69) is 5.32 Å². The number of carbonyl (C=O) groups excluding carboxylic acids is 2. The normalized spacial score (nSPS) is 23.7. The van der Waals surface area contributed by atoms with Gasteiger partial charge < -0.3 is 91.3 Å².